The molecule has 6 heteroatoms. The van der Waals surface area contributed by atoms with Gasteiger partial charge in [0.2, 0.25) is 6.79 Å². The Hall–Kier alpha value is -1.72. The molecule has 1 aromatic heterocycles. The SMILES string of the molecule is O=C(Oc1ccc2c(c1)OCO2)c1ccc(Cl)s1. The monoisotopic (exact) mass is 282 g/mol. The van der Waals surface area contributed by atoms with Crippen molar-refractivity contribution >= 4 is 28.9 Å². The predicted octanol–water partition coefficient (Wildman–Crippen LogP) is 3.35. The zero-order valence-electron chi connectivity index (χ0n) is 9.01. The highest BCUT2D eigenvalue weighted by Gasteiger charge is 2.16. The maximum atomic E-state index is 11.8. The number of hydrogen-bond donors (Lipinski definition) is 0. The molecule has 0 atom stereocenters. The first kappa shape index (κ1) is 11.4. The summed E-state index contributed by atoms with van der Waals surface area (Å²) in [5.41, 5.74) is 0. The van der Waals surface area contributed by atoms with Crippen LogP contribution in [0.25, 0.3) is 0 Å². The number of esters is 1. The Morgan fingerprint density at radius 1 is 1.22 bits per heavy atom. The molecule has 0 fully saturated rings. The fourth-order valence-electron chi connectivity index (χ4n) is 1.52. The van der Waals surface area contributed by atoms with Crippen LogP contribution in [0.3, 0.4) is 0 Å². The van der Waals surface area contributed by atoms with Gasteiger partial charge in [0.1, 0.15) is 10.6 Å². The molecule has 0 amide bonds. The third kappa shape index (κ3) is 2.14. The van der Waals surface area contributed by atoms with Gasteiger partial charge in [0.15, 0.2) is 11.5 Å². The van der Waals surface area contributed by atoms with Crippen LogP contribution in [0, 0.1) is 0 Å². The smallest absolute Gasteiger partial charge is 0.353 e. The van der Waals surface area contributed by atoms with E-state index >= 15 is 0 Å². The first-order valence-corrected chi connectivity index (χ1v) is 6.29. The van der Waals surface area contributed by atoms with Gasteiger partial charge in [0.05, 0.1) is 4.34 Å². The number of fused-ring (bicyclic) bond motifs is 1. The summed E-state index contributed by atoms with van der Waals surface area (Å²) in [6.45, 7) is 0.188. The molecule has 0 bridgehead atoms. The number of benzene rings is 1. The number of hydrogen-bond acceptors (Lipinski definition) is 5. The van der Waals surface area contributed by atoms with E-state index in [-0.39, 0.29) is 6.79 Å². The lowest BCUT2D eigenvalue weighted by molar-refractivity contribution is 0.0739. The van der Waals surface area contributed by atoms with Crippen molar-refractivity contribution in [3.8, 4) is 17.2 Å². The topological polar surface area (TPSA) is 44.8 Å². The molecule has 1 aromatic carbocycles. The maximum absolute atomic E-state index is 11.8. The van der Waals surface area contributed by atoms with Gasteiger partial charge in [-0.1, -0.05) is 11.6 Å². The molecule has 0 spiro atoms. The summed E-state index contributed by atoms with van der Waals surface area (Å²) in [5.74, 6) is 1.19. The molecule has 2 aromatic rings. The Labute approximate surface area is 112 Å². The summed E-state index contributed by atoms with van der Waals surface area (Å²) in [7, 11) is 0. The van der Waals surface area contributed by atoms with Gasteiger partial charge in [0, 0.05) is 6.07 Å². The van der Waals surface area contributed by atoms with E-state index in [1.54, 1.807) is 30.3 Å². The highest BCUT2D eigenvalue weighted by atomic mass is 35.5. The van der Waals surface area contributed by atoms with Gasteiger partial charge in [-0.05, 0) is 24.3 Å². The molecule has 1 aliphatic rings. The minimum Gasteiger partial charge on any atom is -0.454 e. The molecule has 4 nitrogen and oxygen atoms in total. The molecule has 0 radical (unpaired) electrons. The van der Waals surface area contributed by atoms with Crippen molar-refractivity contribution in [1.29, 1.82) is 0 Å². The van der Waals surface area contributed by atoms with Crippen LogP contribution in [0.15, 0.2) is 30.3 Å². The highest BCUT2D eigenvalue weighted by Crippen LogP contribution is 2.35. The second-order valence-electron chi connectivity index (χ2n) is 3.51. The lowest BCUT2D eigenvalue weighted by Gasteiger charge is -2.03. The van der Waals surface area contributed by atoms with E-state index in [0.717, 1.165) is 0 Å². The quantitative estimate of drug-likeness (QED) is 0.626. The van der Waals surface area contributed by atoms with Crippen molar-refractivity contribution in [2.24, 2.45) is 0 Å². The normalized spacial score (nSPS) is 12.5. The molecule has 3 rings (SSSR count). The van der Waals surface area contributed by atoms with E-state index in [4.69, 9.17) is 25.8 Å². The molecule has 0 saturated carbocycles. The van der Waals surface area contributed by atoms with Gasteiger partial charge in [0.25, 0.3) is 0 Å². The van der Waals surface area contributed by atoms with Gasteiger partial charge in [-0.15, -0.1) is 11.3 Å². The van der Waals surface area contributed by atoms with Crippen molar-refractivity contribution in [2.45, 2.75) is 0 Å². The fourth-order valence-corrected chi connectivity index (χ4v) is 2.44. The van der Waals surface area contributed by atoms with Crippen molar-refractivity contribution in [3.63, 3.8) is 0 Å². The van der Waals surface area contributed by atoms with Gasteiger partial charge in [-0.25, -0.2) is 4.79 Å². The second kappa shape index (κ2) is 4.51. The maximum Gasteiger partial charge on any atom is 0.353 e. The van der Waals surface area contributed by atoms with E-state index in [9.17, 15) is 4.79 Å². The second-order valence-corrected chi connectivity index (χ2v) is 5.22. The van der Waals surface area contributed by atoms with Crippen molar-refractivity contribution in [1.82, 2.24) is 0 Å². The van der Waals surface area contributed by atoms with E-state index in [1.807, 2.05) is 0 Å². The number of thiophene rings is 1. The molecule has 18 heavy (non-hydrogen) atoms. The van der Waals surface area contributed by atoms with Crippen LogP contribution in [0.2, 0.25) is 4.34 Å². The first-order chi connectivity index (χ1) is 8.72. The molecular weight excluding hydrogens is 276 g/mol. The average molecular weight is 283 g/mol. The van der Waals surface area contributed by atoms with E-state index in [2.05, 4.69) is 0 Å². The molecule has 0 N–H and O–H groups in total. The summed E-state index contributed by atoms with van der Waals surface area (Å²) >= 11 is 6.93. The van der Waals surface area contributed by atoms with Gasteiger partial charge < -0.3 is 14.2 Å². The van der Waals surface area contributed by atoms with Crippen LogP contribution in [0.5, 0.6) is 17.2 Å². The molecule has 2 heterocycles. The number of rotatable bonds is 2. The van der Waals surface area contributed by atoms with E-state index in [0.29, 0.717) is 26.5 Å². The summed E-state index contributed by atoms with van der Waals surface area (Å²) in [6, 6.07) is 8.26. The Balaban J connectivity index is 1.78. The highest BCUT2D eigenvalue weighted by molar-refractivity contribution is 7.17. The Morgan fingerprint density at radius 3 is 2.83 bits per heavy atom. The van der Waals surface area contributed by atoms with Crippen LogP contribution in [-0.4, -0.2) is 12.8 Å². The van der Waals surface area contributed by atoms with Crippen molar-refractivity contribution < 1.29 is 19.0 Å². The Bertz CT molecular complexity index is 608. The number of ether oxygens (including phenoxy) is 3. The molecule has 1 aliphatic heterocycles. The lowest BCUT2D eigenvalue weighted by atomic mass is 10.3. The number of halogens is 1. The fraction of sp³-hybridized carbons (Fsp3) is 0.0833. The summed E-state index contributed by atoms with van der Waals surface area (Å²) in [4.78, 5) is 12.2. The average Bonchev–Trinajstić information content (AvgIpc) is 2.96. The van der Waals surface area contributed by atoms with E-state index < -0.39 is 5.97 Å². The zero-order chi connectivity index (χ0) is 12.5. The molecule has 0 aliphatic carbocycles. The summed E-state index contributed by atoms with van der Waals surface area (Å²) in [5, 5.41) is 0. The number of carbonyl (C=O) groups excluding carboxylic acids is 1. The van der Waals surface area contributed by atoms with Crippen LogP contribution in [0.1, 0.15) is 9.67 Å². The van der Waals surface area contributed by atoms with Gasteiger partial charge in [-0.3, -0.25) is 0 Å². The molecule has 0 saturated heterocycles. The third-order valence-electron chi connectivity index (χ3n) is 2.33. The number of carbonyl (C=O) groups is 1. The molecule has 0 unspecified atom stereocenters. The Kier molecular flexibility index (Phi) is 2.85. The third-order valence-corrected chi connectivity index (χ3v) is 3.54. The largest absolute Gasteiger partial charge is 0.454 e. The van der Waals surface area contributed by atoms with Gasteiger partial charge >= 0.3 is 5.97 Å². The molecular formula is C12H7ClO4S. The minimum absolute atomic E-state index is 0.188. The summed E-state index contributed by atoms with van der Waals surface area (Å²) in [6.07, 6.45) is 0. The minimum atomic E-state index is -0.439. The van der Waals surface area contributed by atoms with E-state index in [1.165, 1.54) is 11.3 Å². The van der Waals surface area contributed by atoms with Crippen LogP contribution in [-0.2, 0) is 0 Å². The van der Waals surface area contributed by atoms with Gasteiger partial charge in [-0.2, -0.15) is 0 Å². The van der Waals surface area contributed by atoms with Crippen LogP contribution < -0.4 is 14.2 Å². The zero-order valence-corrected chi connectivity index (χ0v) is 10.6. The predicted molar refractivity (Wildman–Crippen MR) is 66.9 cm³/mol. The standard InChI is InChI=1S/C12H7ClO4S/c13-11-4-3-10(18-11)12(14)17-7-1-2-8-9(5-7)16-6-15-8/h1-5H,6H2. The Morgan fingerprint density at radius 2 is 2.06 bits per heavy atom. The lowest BCUT2D eigenvalue weighted by Crippen LogP contribution is -2.06. The first-order valence-electron chi connectivity index (χ1n) is 5.09. The van der Waals surface area contributed by atoms with Crippen LogP contribution >= 0.6 is 22.9 Å². The van der Waals surface area contributed by atoms with Crippen molar-refractivity contribution in [3.05, 3.63) is 39.5 Å². The van der Waals surface area contributed by atoms with Crippen molar-refractivity contribution in [2.75, 3.05) is 6.79 Å². The molecule has 92 valence electrons. The summed E-state index contributed by atoms with van der Waals surface area (Å²) < 4.78 is 16.1. The van der Waals surface area contributed by atoms with Crippen LogP contribution in [0.4, 0.5) is 0 Å².